The summed E-state index contributed by atoms with van der Waals surface area (Å²) in [7, 11) is -3.60. The maximum Gasteiger partial charge on any atom is 0.325 e. The van der Waals surface area contributed by atoms with Crippen LogP contribution in [0, 0.1) is 5.82 Å². The number of benzene rings is 2. The number of amides is 1. The van der Waals surface area contributed by atoms with Gasteiger partial charge in [-0.1, -0.05) is 13.8 Å². The van der Waals surface area contributed by atoms with Crippen molar-refractivity contribution in [1.82, 2.24) is 9.62 Å². The number of nitrogens with one attached hydrogen (secondary N) is 1. The molecule has 0 atom stereocenters. The number of halogens is 1. The van der Waals surface area contributed by atoms with Crippen molar-refractivity contribution in [2.45, 2.75) is 25.2 Å². The van der Waals surface area contributed by atoms with Crippen molar-refractivity contribution in [3.05, 3.63) is 59.9 Å². The predicted molar refractivity (Wildman–Crippen MR) is 116 cm³/mol. The SMILES string of the molecule is CCN(CC)S(=O)(=O)c1ccc(C(=O)NCC(=O)OCCCOc2ccc(F)cc2)cc1. The van der Waals surface area contributed by atoms with Crippen LogP contribution in [0.25, 0.3) is 0 Å². The molecule has 0 aromatic heterocycles. The monoisotopic (exact) mass is 466 g/mol. The minimum atomic E-state index is -3.60. The van der Waals surface area contributed by atoms with Gasteiger partial charge in [-0.2, -0.15) is 4.31 Å². The molecule has 1 amide bonds. The summed E-state index contributed by atoms with van der Waals surface area (Å²) in [5.74, 6) is -0.968. The Morgan fingerprint density at radius 3 is 2.19 bits per heavy atom. The van der Waals surface area contributed by atoms with Crippen molar-refractivity contribution in [3.63, 3.8) is 0 Å². The number of ether oxygens (including phenoxy) is 2. The Morgan fingerprint density at radius 1 is 0.969 bits per heavy atom. The van der Waals surface area contributed by atoms with Crippen molar-refractivity contribution in [3.8, 4) is 5.75 Å². The molecule has 0 aliphatic rings. The minimum absolute atomic E-state index is 0.0972. The number of nitrogens with zero attached hydrogens (tertiary/aromatic N) is 1. The zero-order valence-corrected chi connectivity index (χ0v) is 18.9. The summed E-state index contributed by atoms with van der Waals surface area (Å²) in [5.41, 5.74) is 0.226. The molecule has 8 nitrogen and oxygen atoms in total. The van der Waals surface area contributed by atoms with Crippen LogP contribution in [-0.2, 0) is 19.6 Å². The molecule has 1 N–H and O–H groups in total. The molecule has 0 heterocycles. The maximum absolute atomic E-state index is 12.8. The fourth-order valence-electron chi connectivity index (χ4n) is 2.76. The molecular weight excluding hydrogens is 439 g/mol. The van der Waals surface area contributed by atoms with E-state index in [0.29, 0.717) is 25.3 Å². The first-order chi connectivity index (χ1) is 15.3. The highest BCUT2D eigenvalue weighted by Gasteiger charge is 2.21. The van der Waals surface area contributed by atoms with E-state index in [0.717, 1.165) is 0 Å². The standard InChI is InChI=1S/C22H27FN2O6S/c1-3-25(4-2)32(28,29)20-12-6-17(7-13-20)22(27)24-16-21(26)31-15-5-14-30-19-10-8-18(23)9-11-19/h6-13H,3-5,14-16H2,1-2H3,(H,24,27). The summed E-state index contributed by atoms with van der Waals surface area (Å²) in [6.45, 7) is 4.27. The van der Waals surface area contributed by atoms with E-state index in [2.05, 4.69) is 5.32 Å². The van der Waals surface area contributed by atoms with Crippen molar-refractivity contribution >= 4 is 21.9 Å². The van der Waals surface area contributed by atoms with Crippen molar-refractivity contribution in [2.75, 3.05) is 32.8 Å². The average molecular weight is 467 g/mol. The van der Waals surface area contributed by atoms with Crippen LogP contribution in [0.4, 0.5) is 4.39 Å². The molecule has 174 valence electrons. The number of sulfonamides is 1. The van der Waals surface area contributed by atoms with Gasteiger partial charge in [0.2, 0.25) is 10.0 Å². The number of esters is 1. The molecule has 0 radical (unpaired) electrons. The van der Waals surface area contributed by atoms with Gasteiger partial charge in [0.05, 0.1) is 18.1 Å². The van der Waals surface area contributed by atoms with E-state index in [1.807, 2.05) is 0 Å². The summed E-state index contributed by atoms with van der Waals surface area (Å²) in [4.78, 5) is 24.1. The summed E-state index contributed by atoms with van der Waals surface area (Å²) in [6.07, 6.45) is 0.430. The zero-order chi connectivity index (χ0) is 23.6. The third-order valence-electron chi connectivity index (χ3n) is 4.49. The molecule has 2 aromatic carbocycles. The number of rotatable bonds is 12. The number of hydrogen-bond donors (Lipinski definition) is 1. The molecule has 0 saturated carbocycles. The van der Waals surface area contributed by atoms with Gasteiger partial charge in [-0.05, 0) is 48.5 Å². The van der Waals surface area contributed by atoms with Gasteiger partial charge >= 0.3 is 5.97 Å². The zero-order valence-electron chi connectivity index (χ0n) is 18.0. The molecule has 0 bridgehead atoms. The Labute approximate surface area is 187 Å². The third kappa shape index (κ3) is 7.31. The van der Waals surface area contributed by atoms with Crippen LogP contribution in [0.2, 0.25) is 0 Å². The second-order valence-electron chi connectivity index (χ2n) is 6.67. The van der Waals surface area contributed by atoms with Gasteiger partial charge in [0, 0.05) is 25.1 Å². The van der Waals surface area contributed by atoms with Gasteiger partial charge in [0.1, 0.15) is 18.1 Å². The second kappa shape index (κ2) is 12.2. The molecule has 2 rings (SSSR count). The highest BCUT2D eigenvalue weighted by atomic mass is 32.2. The maximum atomic E-state index is 12.8. The van der Waals surface area contributed by atoms with Gasteiger partial charge in [0.15, 0.2) is 0 Å². The largest absolute Gasteiger partial charge is 0.493 e. The molecule has 32 heavy (non-hydrogen) atoms. The van der Waals surface area contributed by atoms with Gasteiger partial charge in [-0.15, -0.1) is 0 Å². The molecule has 0 aliphatic heterocycles. The highest BCUT2D eigenvalue weighted by Crippen LogP contribution is 2.16. The van der Waals surface area contributed by atoms with Crippen LogP contribution in [0.15, 0.2) is 53.4 Å². The predicted octanol–water partition coefficient (Wildman–Crippen LogP) is 2.60. The Kier molecular flexibility index (Phi) is 9.61. The first-order valence-corrected chi connectivity index (χ1v) is 11.6. The molecule has 0 fully saturated rings. The number of carbonyl (C=O) groups is 2. The van der Waals surface area contributed by atoms with Gasteiger partial charge in [-0.3, -0.25) is 9.59 Å². The van der Waals surface area contributed by atoms with Gasteiger partial charge < -0.3 is 14.8 Å². The molecule has 0 spiro atoms. The van der Waals surface area contributed by atoms with Crippen LogP contribution >= 0.6 is 0 Å². The topological polar surface area (TPSA) is 102 Å². The Hall–Kier alpha value is -2.98. The molecule has 0 saturated heterocycles. The van der Waals surface area contributed by atoms with E-state index in [4.69, 9.17) is 9.47 Å². The summed E-state index contributed by atoms with van der Waals surface area (Å²) in [5, 5.41) is 2.43. The minimum Gasteiger partial charge on any atom is -0.493 e. The number of carbonyl (C=O) groups excluding carboxylic acids is 2. The van der Waals surface area contributed by atoms with Crippen molar-refractivity contribution < 1.29 is 31.9 Å². The van der Waals surface area contributed by atoms with E-state index in [-0.39, 0.29) is 36.0 Å². The lowest BCUT2D eigenvalue weighted by Crippen LogP contribution is -2.31. The van der Waals surface area contributed by atoms with Crippen LogP contribution in [0.1, 0.15) is 30.6 Å². The van der Waals surface area contributed by atoms with E-state index in [9.17, 15) is 22.4 Å². The van der Waals surface area contributed by atoms with E-state index in [1.54, 1.807) is 13.8 Å². The highest BCUT2D eigenvalue weighted by molar-refractivity contribution is 7.89. The third-order valence-corrected chi connectivity index (χ3v) is 6.55. The van der Waals surface area contributed by atoms with Gasteiger partial charge in [0.25, 0.3) is 5.91 Å². The summed E-state index contributed by atoms with van der Waals surface area (Å²) in [6, 6.07) is 11.1. The first-order valence-electron chi connectivity index (χ1n) is 10.2. The lowest BCUT2D eigenvalue weighted by atomic mass is 10.2. The molecular formula is C22H27FN2O6S. The fraction of sp³-hybridized carbons (Fsp3) is 0.364. The quantitative estimate of drug-likeness (QED) is 0.381. The average Bonchev–Trinajstić information content (AvgIpc) is 2.79. The second-order valence-corrected chi connectivity index (χ2v) is 8.61. The Morgan fingerprint density at radius 2 is 1.59 bits per heavy atom. The van der Waals surface area contributed by atoms with E-state index in [1.165, 1.54) is 52.8 Å². The smallest absolute Gasteiger partial charge is 0.325 e. The summed E-state index contributed by atoms with van der Waals surface area (Å²) < 4.78 is 49.5. The van der Waals surface area contributed by atoms with Crippen LogP contribution in [0.5, 0.6) is 5.75 Å². The Bertz CT molecular complexity index is 990. The summed E-state index contributed by atoms with van der Waals surface area (Å²) >= 11 is 0. The van der Waals surface area contributed by atoms with Crippen LogP contribution < -0.4 is 10.1 Å². The van der Waals surface area contributed by atoms with E-state index >= 15 is 0 Å². The van der Waals surface area contributed by atoms with Gasteiger partial charge in [-0.25, -0.2) is 12.8 Å². The first kappa shape index (κ1) is 25.3. The van der Waals surface area contributed by atoms with Crippen molar-refractivity contribution in [1.29, 1.82) is 0 Å². The lowest BCUT2D eigenvalue weighted by Gasteiger charge is -2.18. The van der Waals surface area contributed by atoms with Crippen LogP contribution in [0.3, 0.4) is 0 Å². The molecule has 0 unspecified atom stereocenters. The molecule has 2 aromatic rings. The number of hydrogen-bond acceptors (Lipinski definition) is 6. The van der Waals surface area contributed by atoms with Crippen molar-refractivity contribution in [2.24, 2.45) is 0 Å². The lowest BCUT2D eigenvalue weighted by molar-refractivity contribution is -0.142. The normalized spacial score (nSPS) is 11.2. The van der Waals surface area contributed by atoms with Crippen LogP contribution in [-0.4, -0.2) is 57.4 Å². The fourth-order valence-corrected chi connectivity index (χ4v) is 4.22. The molecule has 0 aliphatic carbocycles. The molecule has 10 heteroatoms. The van der Waals surface area contributed by atoms with E-state index < -0.39 is 21.9 Å². The Balaban J connectivity index is 1.72.